The summed E-state index contributed by atoms with van der Waals surface area (Å²) in [4.78, 5) is 23.3. The lowest BCUT2D eigenvalue weighted by Gasteiger charge is -2.19. The normalized spacial score (nSPS) is 19.7. The summed E-state index contributed by atoms with van der Waals surface area (Å²) in [5, 5.41) is 8.97. The molecule has 90 valence electrons. The molecule has 0 spiro atoms. The Kier molecular flexibility index (Phi) is 3.47. The minimum atomic E-state index is -1.14. The number of carbonyl (C=O) groups is 2. The summed E-state index contributed by atoms with van der Waals surface area (Å²) in [6.45, 7) is 0. The number of carboxylic acid groups (broad SMARTS) is 1. The van der Waals surface area contributed by atoms with Gasteiger partial charge in [0.1, 0.15) is 0 Å². The summed E-state index contributed by atoms with van der Waals surface area (Å²) in [7, 11) is 0. The number of amides is 2. The molecule has 1 saturated heterocycles. The van der Waals surface area contributed by atoms with Crippen LogP contribution in [0.4, 0.5) is 4.79 Å². The van der Waals surface area contributed by atoms with Gasteiger partial charge in [-0.05, 0) is 30.5 Å². The van der Waals surface area contributed by atoms with E-state index < -0.39 is 6.09 Å². The molecule has 1 aromatic rings. The van der Waals surface area contributed by atoms with Crippen LogP contribution in [0.5, 0.6) is 0 Å². The second-order valence-electron chi connectivity index (χ2n) is 4.07. The highest BCUT2D eigenvalue weighted by atomic mass is 79.9. The maximum absolute atomic E-state index is 11.4. The summed E-state index contributed by atoms with van der Waals surface area (Å²) in [6, 6.07) is 7.48. The monoisotopic (exact) mass is 297 g/mol. The molecule has 1 unspecified atom stereocenters. The van der Waals surface area contributed by atoms with Gasteiger partial charge in [0.15, 0.2) is 0 Å². The maximum atomic E-state index is 11.4. The van der Waals surface area contributed by atoms with Crippen LogP contribution in [-0.4, -0.2) is 28.0 Å². The van der Waals surface area contributed by atoms with Gasteiger partial charge in [0, 0.05) is 16.9 Å². The number of halogens is 1. The molecule has 0 saturated carbocycles. The van der Waals surface area contributed by atoms with Crippen LogP contribution < -0.4 is 0 Å². The van der Waals surface area contributed by atoms with Crippen molar-refractivity contribution in [2.45, 2.75) is 25.3 Å². The molecule has 5 heteroatoms. The zero-order chi connectivity index (χ0) is 12.4. The van der Waals surface area contributed by atoms with Crippen molar-refractivity contribution in [3.05, 3.63) is 34.3 Å². The van der Waals surface area contributed by atoms with Crippen LogP contribution in [0.2, 0.25) is 0 Å². The highest BCUT2D eigenvalue weighted by molar-refractivity contribution is 9.10. The van der Waals surface area contributed by atoms with E-state index in [-0.39, 0.29) is 11.9 Å². The standard InChI is InChI=1S/C12H12BrNO3/c13-9-3-1-8(2-4-9)7-10-5-6-11(15)14(10)12(16)17/h1-4,10H,5-7H2,(H,16,17). The first-order chi connectivity index (χ1) is 8.08. The molecule has 1 aromatic carbocycles. The molecule has 1 fully saturated rings. The molecule has 1 aliphatic rings. The van der Waals surface area contributed by atoms with Gasteiger partial charge in [-0.1, -0.05) is 28.1 Å². The lowest BCUT2D eigenvalue weighted by Crippen LogP contribution is -2.38. The Morgan fingerprint density at radius 3 is 2.65 bits per heavy atom. The van der Waals surface area contributed by atoms with Gasteiger partial charge < -0.3 is 5.11 Å². The average Bonchev–Trinajstić information content (AvgIpc) is 2.63. The van der Waals surface area contributed by atoms with Crippen molar-refractivity contribution in [2.24, 2.45) is 0 Å². The quantitative estimate of drug-likeness (QED) is 0.913. The lowest BCUT2D eigenvalue weighted by atomic mass is 10.0. The Morgan fingerprint density at radius 2 is 2.06 bits per heavy atom. The molecule has 17 heavy (non-hydrogen) atoms. The van der Waals surface area contributed by atoms with Crippen LogP contribution in [0.3, 0.4) is 0 Å². The second-order valence-corrected chi connectivity index (χ2v) is 4.99. The molecule has 1 atom stereocenters. The maximum Gasteiger partial charge on any atom is 0.414 e. The zero-order valence-corrected chi connectivity index (χ0v) is 10.7. The molecular weight excluding hydrogens is 286 g/mol. The molecular formula is C12H12BrNO3. The third-order valence-corrected chi connectivity index (χ3v) is 3.44. The first-order valence-electron chi connectivity index (χ1n) is 5.37. The summed E-state index contributed by atoms with van der Waals surface area (Å²) >= 11 is 3.34. The summed E-state index contributed by atoms with van der Waals surface area (Å²) in [6.07, 6.45) is 0.384. The fraction of sp³-hybridized carbons (Fsp3) is 0.333. The van der Waals surface area contributed by atoms with Gasteiger partial charge in [0.05, 0.1) is 0 Å². The van der Waals surface area contributed by atoms with Gasteiger partial charge in [-0.2, -0.15) is 0 Å². The third-order valence-electron chi connectivity index (χ3n) is 2.92. The minimum Gasteiger partial charge on any atom is -0.465 e. The van der Waals surface area contributed by atoms with Crippen LogP contribution in [-0.2, 0) is 11.2 Å². The van der Waals surface area contributed by atoms with Gasteiger partial charge in [-0.15, -0.1) is 0 Å². The predicted octanol–water partition coefficient (Wildman–Crippen LogP) is 2.66. The van der Waals surface area contributed by atoms with Crippen LogP contribution in [0.15, 0.2) is 28.7 Å². The van der Waals surface area contributed by atoms with Gasteiger partial charge >= 0.3 is 6.09 Å². The fourth-order valence-corrected chi connectivity index (χ4v) is 2.36. The van der Waals surface area contributed by atoms with E-state index in [2.05, 4.69) is 15.9 Å². The topological polar surface area (TPSA) is 57.6 Å². The second kappa shape index (κ2) is 4.87. The van der Waals surface area contributed by atoms with Crippen LogP contribution >= 0.6 is 15.9 Å². The van der Waals surface area contributed by atoms with E-state index in [0.717, 1.165) is 14.9 Å². The molecule has 0 aliphatic carbocycles. The average molecular weight is 298 g/mol. The first kappa shape index (κ1) is 12.1. The number of likely N-dealkylation sites (tertiary alicyclic amines) is 1. The van der Waals surface area contributed by atoms with Gasteiger partial charge in [-0.3, -0.25) is 4.79 Å². The molecule has 1 aliphatic heterocycles. The number of carbonyl (C=O) groups excluding carboxylic acids is 1. The van der Waals surface area contributed by atoms with E-state index in [4.69, 9.17) is 5.11 Å². The molecule has 0 radical (unpaired) electrons. The van der Waals surface area contributed by atoms with Crippen molar-refractivity contribution in [1.82, 2.24) is 4.90 Å². The van der Waals surface area contributed by atoms with Gasteiger partial charge in [0.2, 0.25) is 5.91 Å². The number of benzene rings is 1. The molecule has 0 aromatic heterocycles. The Hall–Kier alpha value is -1.36. The van der Waals surface area contributed by atoms with E-state index in [9.17, 15) is 9.59 Å². The Bertz CT molecular complexity index is 444. The number of imide groups is 1. The first-order valence-corrected chi connectivity index (χ1v) is 6.16. The van der Waals surface area contributed by atoms with Crippen molar-refractivity contribution in [2.75, 3.05) is 0 Å². The Morgan fingerprint density at radius 1 is 1.41 bits per heavy atom. The summed E-state index contributed by atoms with van der Waals surface area (Å²) in [5.74, 6) is -0.292. The summed E-state index contributed by atoms with van der Waals surface area (Å²) < 4.78 is 0.985. The highest BCUT2D eigenvalue weighted by Gasteiger charge is 2.35. The molecule has 0 bridgehead atoms. The number of nitrogens with zero attached hydrogens (tertiary/aromatic N) is 1. The number of rotatable bonds is 2. The molecule has 2 rings (SSSR count). The van der Waals surface area contributed by atoms with Crippen LogP contribution in [0.25, 0.3) is 0 Å². The van der Waals surface area contributed by atoms with Crippen LogP contribution in [0.1, 0.15) is 18.4 Å². The smallest absolute Gasteiger partial charge is 0.414 e. The summed E-state index contributed by atoms with van der Waals surface area (Å²) in [5.41, 5.74) is 1.04. The fourth-order valence-electron chi connectivity index (χ4n) is 2.09. The van der Waals surface area contributed by atoms with Crippen molar-refractivity contribution in [1.29, 1.82) is 0 Å². The van der Waals surface area contributed by atoms with Gasteiger partial charge in [0.25, 0.3) is 0 Å². The zero-order valence-electron chi connectivity index (χ0n) is 9.10. The van der Waals surface area contributed by atoms with E-state index >= 15 is 0 Å². The third kappa shape index (κ3) is 2.66. The van der Waals surface area contributed by atoms with Crippen molar-refractivity contribution in [3.63, 3.8) is 0 Å². The van der Waals surface area contributed by atoms with Crippen molar-refractivity contribution in [3.8, 4) is 0 Å². The van der Waals surface area contributed by atoms with E-state index in [1.54, 1.807) is 0 Å². The number of hydrogen-bond acceptors (Lipinski definition) is 2. The van der Waals surface area contributed by atoms with E-state index in [1.165, 1.54) is 0 Å². The number of hydrogen-bond donors (Lipinski definition) is 1. The van der Waals surface area contributed by atoms with Crippen molar-refractivity contribution < 1.29 is 14.7 Å². The highest BCUT2D eigenvalue weighted by Crippen LogP contribution is 2.23. The lowest BCUT2D eigenvalue weighted by molar-refractivity contribution is -0.126. The minimum absolute atomic E-state index is 0.221. The molecule has 4 nitrogen and oxygen atoms in total. The molecule has 2 amide bonds. The SMILES string of the molecule is O=C(O)N1C(=O)CCC1Cc1ccc(Br)cc1. The van der Waals surface area contributed by atoms with E-state index in [1.807, 2.05) is 24.3 Å². The van der Waals surface area contributed by atoms with Crippen molar-refractivity contribution >= 4 is 27.9 Å². The Labute approximate surface area is 107 Å². The van der Waals surface area contributed by atoms with E-state index in [0.29, 0.717) is 19.3 Å². The Balaban J connectivity index is 2.10. The molecule has 1 heterocycles. The largest absolute Gasteiger partial charge is 0.465 e. The van der Waals surface area contributed by atoms with Gasteiger partial charge in [-0.25, -0.2) is 9.69 Å². The van der Waals surface area contributed by atoms with Crippen LogP contribution in [0, 0.1) is 0 Å². The molecule has 1 N–H and O–H groups in total. The predicted molar refractivity (Wildman–Crippen MR) is 65.7 cm³/mol.